The average molecular weight is 264 g/mol. The van der Waals surface area contributed by atoms with Gasteiger partial charge in [-0.1, -0.05) is 6.07 Å². The van der Waals surface area contributed by atoms with E-state index in [0.29, 0.717) is 0 Å². The summed E-state index contributed by atoms with van der Waals surface area (Å²) in [6.45, 7) is -0.633. The molecule has 0 aliphatic rings. The normalized spacial score (nSPS) is 12.7. The smallest absolute Gasteiger partial charge is 0.175 e. The van der Waals surface area contributed by atoms with Crippen molar-refractivity contribution in [3.63, 3.8) is 0 Å². The minimum atomic E-state index is -3.55. The molecule has 0 aliphatic carbocycles. The van der Waals surface area contributed by atoms with E-state index in [1.165, 1.54) is 18.2 Å². The molecule has 0 fully saturated rings. The Labute approximate surface area is 94.6 Å². The molecule has 1 rings (SSSR count). The first-order valence-electron chi connectivity index (χ1n) is 4.31. The van der Waals surface area contributed by atoms with Gasteiger partial charge in [0.25, 0.3) is 0 Å². The molecule has 0 bridgehead atoms. The topological polar surface area (TPSA) is 88.5 Å². The summed E-state index contributed by atoms with van der Waals surface area (Å²) in [6.07, 6.45) is 1.93. The van der Waals surface area contributed by atoms with Crippen molar-refractivity contribution in [3.8, 4) is 0 Å². The molecule has 90 valence electrons. The molecule has 0 aliphatic heterocycles. The molecule has 1 N–H and O–H groups in total. The van der Waals surface area contributed by atoms with Gasteiger partial charge in [0.2, 0.25) is 0 Å². The molecule has 0 amide bonds. The van der Waals surface area contributed by atoms with E-state index in [9.17, 15) is 16.8 Å². The van der Waals surface area contributed by atoms with Crippen molar-refractivity contribution in [2.45, 2.75) is 16.4 Å². The van der Waals surface area contributed by atoms with Gasteiger partial charge in [-0.25, -0.2) is 16.8 Å². The maximum atomic E-state index is 11.4. The minimum absolute atomic E-state index is 0.0764. The van der Waals surface area contributed by atoms with Crippen LogP contribution in [0.4, 0.5) is 0 Å². The molecule has 0 saturated heterocycles. The van der Waals surface area contributed by atoms with Crippen LogP contribution in [0.5, 0.6) is 0 Å². The van der Waals surface area contributed by atoms with Crippen molar-refractivity contribution in [2.75, 3.05) is 12.5 Å². The summed E-state index contributed by atoms with van der Waals surface area (Å²) in [5.41, 5.74) is -0.0764. The van der Waals surface area contributed by atoms with Crippen molar-refractivity contribution in [1.82, 2.24) is 0 Å². The predicted molar refractivity (Wildman–Crippen MR) is 58.6 cm³/mol. The monoisotopic (exact) mass is 264 g/mol. The van der Waals surface area contributed by atoms with E-state index in [0.717, 1.165) is 12.5 Å². The Morgan fingerprint density at radius 1 is 1.00 bits per heavy atom. The highest BCUT2D eigenvalue weighted by Crippen LogP contribution is 2.23. The molecular formula is C9H12O5S2. The van der Waals surface area contributed by atoms with Gasteiger partial charge in [-0.15, -0.1) is 0 Å². The number of sulfone groups is 2. The van der Waals surface area contributed by atoms with Crippen molar-refractivity contribution < 1.29 is 21.9 Å². The Morgan fingerprint density at radius 3 is 1.62 bits per heavy atom. The lowest BCUT2D eigenvalue weighted by Crippen LogP contribution is -2.09. The second kappa shape index (κ2) is 4.15. The first-order valence-corrected chi connectivity index (χ1v) is 8.09. The van der Waals surface area contributed by atoms with Crippen molar-refractivity contribution >= 4 is 19.7 Å². The molecule has 0 aromatic heterocycles. The zero-order valence-electron chi connectivity index (χ0n) is 8.84. The molecule has 1 aromatic carbocycles. The number of hydrogen-bond donors (Lipinski definition) is 1. The molecule has 0 atom stereocenters. The van der Waals surface area contributed by atoms with E-state index in [-0.39, 0.29) is 15.4 Å². The van der Waals surface area contributed by atoms with Crippen LogP contribution in [0.3, 0.4) is 0 Å². The highest BCUT2D eigenvalue weighted by atomic mass is 32.2. The minimum Gasteiger partial charge on any atom is -0.392 e. The second-order valence-corrected chi connectivity index (χ2v) is 7.40. The first kappa shape index (κ1) is 13.1. The Morgan fingerprint density at radius 2 is 1.38 bits per heavy atom. The summed E-state index contributed by atoms with van der Waals surface area (Å²) in [7, 11) is -7.11. The van der Waals surface area contributed by atoms with Crippen LogP contribution in [0.1, 0.15) is 5.56 Å². The van der Waals surface area contributed by atoms with Crippen LogP contribution in [0.25, 0.3) is 0 Å². The summed E-state index contributed by atoms with van der Waals surface area (Å²) in [6, 6.07) is 3.89. The SMILES string of the molecule is CS(=O)(=O)c1cccc(S(C)(=O)=O)c1CO. The number of benzene rings is 1. The van der Waals surface area contributed by atoms with Crippen LogP contribution in [0.2, 0.25) is 0 Å². The molecular weight excluding hydrogens is 252 g/mol. The fourth-order valence-corrected chi connectivity index (χ4v) is 3.36. The number of rotatable bonds is 3. The van der Waals surface area contributed by atoms with Crippen LogP contribution < -0.4 is 0 Å². The van der Waals surface area contributed by atoms with Crippen LogP contribution in [0.15, 0.2) is 28.0 Å². The summed E-state index contributed by atoms with van der Waals surface area (Å²) in [4.78, 5) is -0.309. The van der Waals surface area contributed by atoms with Crippen LogP contribution >= 0.6 is 0 Å². The molecule has 0 unspecified atom stereocenters. The first-order chi connectivity index (χ1) is 7.18. The number of aliphatic hydroxyl groups excluding tert-OH is 1. The Balaban J connectivity index is 3.71. The van der Waals surface area contributed by atoms with Crippen LogP contribution in [-0.2, 0) is 26.3 Å². The Kier molecular flexibility index (Phi) is 3.41. The standard InChI is InChI=1S/C9H12O5S2/c1-15(11,12)8-4-3-5-9(7(8)6-10)16(2,13)14/h3-5,10H,6H2,1-2H3. The predicted octanol–water partition coefficient (Wildman–Crippen LogP) is -0.0141. The number of hydrogen-bond acceptors (Lipinski definition) is 5. The third-order valence-electron chi connectivity index (χ3n) is 2.05. The van der Waals surface area contributed by atoms with Crippen LogP contribution in [0, 0.1) is 0 Å². The van der Waals surface area contributed by atoms with Gasteiger partial charge in [0.1, 0.15) is 0 Å². The molecule has 0 spiro atoms. The maximum Gasteiger partial charge on any atom is 0.175 e. The Bertz CT molecular complexity index is 549. The molecule has 16 heavy (non-hydrogen) atoms. The zero-order valence-corrected chi connectivity index (χ0v) is 10.5. The van der Waals surface area contributed by atoms with Gasteiger partial charge in [0, 0.05) is 18.1 Å². The quantitative estimate of drug-likeness (QED) is 0.829. The van der Waals surface area contributed by atoms with E-state index >= 15 is 0 Å². The van der Waals surface area contributed by atoms with Crippen molar-refractivity contribution in [1.29, 1.82) is 0 Å². The van der Waals surface area contributed by atoms with Gasteiger partial charge in [-0.2, -0.15) is 0 Å². The lowest BCUT2D eigenvalue weighted by molar-refractivity contribution is 0.275. The average Bonchev–Trinajstić information content (AvgIpc) is 2.13. The fourth-order valence-electron chi connectivity index (χ4n) is 1.40. The van der Waals surface area contributed by atoms with Gasteiger partial charge in [-0.05, 0) is 12.1 Å². The third kappa shape index (κ3) is 2.60. The highest BCUT2D eigenvalue weighted by Gasteiger charge is 2.20. The lowest BCUT2D eigenvalue weighted by atomic mass is 10.2. The summed E-state index contributed by atoms with van der Waals surface area (Å²) < 4.78 is 45.5. The van der Waals surface area contributed by atoms with E-state index in [4.69, 9.17) is 5.11 Å². The van der Waals surface area contributed by atoms with Crippen molar-refractivity contribution in [3.05, 3.63) is 23.8 Å². The van der Waals surface area contributed by atoms with E-state index < -0.39 is 26.3 Å². The fraction of sp³-hybridized carbons (Fsp3) is 0.333. The summed E-state index contributed by atoms with van der Waals surface area (Å²) >= 11 is 0. The maximum absolute atomic E-state index is 11.4. The van der Waals surface area contributed by atoms with Gasteiger partial charge in [0.15, 0.2) is 19.7 Å². The Hall–Kier alpha value is -0.920. The van der Waals surface area contributed by atoms with Gasteiger partial charge >= 0.3 is 0 Å². The molecule has 0 heterocycles. The molecule has 0 radical (unpaired) electrons. The van der Waals surface area contributed by atoms with E-state index in [2.05, 4.69) is 0 Å². The van der Waals surface area contributed by atoms with E-state index in [1.54, 1.807) is 0 Å². The molecule has 5 nitrogen and oxygen atoms in total. The van der Waals surface area contributed by atoms with Crippen molar-refractivity contribution in [2.24, 2.45) is 0 Å². The van der Waals surface area contributed by atoms with E-state index in [1.807, 2.05) is 0 Å². The summed E-state index contributed by atoms with van der Waals surface area (Å²) in [5, 5.41) is 9.10. The molecule has 1 aromatic rings. The molecule has 7 heteroatoms. The van der Waals surface area contributed by atoms with Gasteiger partial charge in [-0.3, -0.25) is 0 Å². The number of aliphatic hydroxyl groups is 1. The zero-order chi connectivity index (χ0) is 12.6. The van der Waals surface area contributed by atoms with Gasteiger partial charge < -0.3 is 5.11 Å². The highest BCUT2D eigenvalue weighted by molar-refractivity contribution is 7.91. The molecule has 0 saturated carbocycles. The van der Waals surface area contributed by atoms with Gasteiger partial charge in [0.05, 0.1) is 16.4 Å². The third-order valence-corrected chi connectivity index (χ3v) is 4.41. The lowest BCUT2D eigenvalue weighted by Gasteiger charge is -2.09. The summed E-state index contributed by atoms with van der Waals surface area (Å²) in [5.74, 6) is 0. The second-order valence-electron chi connectivity index (χ2n) is 3.44. The van der Waals surface area contributed by atoms with Crippen LogP contribution in [-0.4, -0.2) is 34.5 Å². The largest absolute Gasteiger partial charge is 0.392 e.